The predicted octanol–water partition coefficient (Wildman–Crippen LogP) is 4.94. The lowest BCUT2D eigenvalue weighted by Gasteiger charge is -2.11. The minimum atomic E-state index is -1.18. The van der Waals surface area contributed by atoms with Crippen LogP contribution in [-0.4, -0.2) is 21.1 Å². The second-order valence-electron chi connectivity index (χ2n) is 7.86. The Morgan fingerprint density at radius 1 is 1.07 bits per heavy atom. The van der Waals surface area contributed by atoms with Crippen molar-refractivity contribution in [2.24, 2.45) is 0 Å². The minimum absolute atomic E-state index is 0.0359. The van der Waals surface area contributed by atoms with E-state index in [1.165, 1.54) is 12.8 Å². The molecule has 1 aliphatic rings. The molecule has 0 spiro atoms. The van der Waals surface area contributed by atoms with Gasteiger partial charge in [-0.15, -0.1) is 0 Å². The molecule has 0 saturated heterocycles. The fourth-order valence-electron chi connectivity index (χ4n) is 3.69. The summed E-state index contributed by atoms with van der Waals surface area (Å²) in [4.78, 5) is 17.7. The van der Waals surface area contributed by atoms with E-state index in [1.807, 2.05) is 50.2 Å². The monoisotopic (exact) mass is 422 g/mol. The zero-order valence-electron chi connectivity index (χ0n) is 17.3. The Bertz CT molecular complexity index is 1050. The maximum atomic E-state index is 12.7. The van der Waals surface area contributed by atoms with E-state index in [2.05, 4.69) is 10.3 Å². The van der Waals surface area contributed by atoms with E-state index in [0.717, 1.165) is 28.9 Å². The summed E-state index contributed by atoms with van der Waals surface area (Å²) < 4.78 is 18.5. The van der Waals surface area contributed by atoms with Gasteiger partial charge >= 0.3 is 0 Å². The molecule has 2 aromatic carbocycles. The van der Waals surface area contributed by atoms with Crippen LogP contribution in [0.4, 0.5) is 0 Å². The number of amides is 1. The molecule has 0 aliphatic heterocycles. The van der Waals surface area contributed by atoms with Gasteiger partial charge in [-0.2, -0.15) is 0 Å². The molecular weight excluding hydrogens is 396 g/mol. The van der Waals surface area contributed by atoms with Gasteiger partial charge in [-0.1, -0.05) is 30.5 Å². The highest BCUT2D eigenvalue weighted by atomic mass is 32.2. The highest BCUT2D eigenvalue weighted by molar-refractivity contribution is 7.84. The smallest absolute Gasteiger partial charge is 0.251 e. The molecule has 3 aromatic rings. The summed E-state index contributed by atoms with van der Waals surface area (Å²) in [6.07, 6.45) is 4.49. The van der Waals surface area contributed by atoms with Crippen molar-refractivity contribution in [1.29, 1.82) is 0 Å². The van der Waals surface area contributed by atoms with Crippen molar-refractivity contribution in [3.05, 3.63) is 71.1 Å². The van der Waals surface area contributed by atoms with Crippen LogP contribution in [0.2, 0.25) is 0 Å². The van der Waals surface area contributed by atoms with Gasteiger partial charge < -0.3 is 9.73 Å². The molecule has 156 valence electrons. The number of rotatable bonds is 6. The van der Waals surface area contributed by atoms with E-state index < -0.39 is 10.8 Å². The molecule has 1 amide bonds. The minimum Gasteiger partial charge on any atom is -0.441 e. The molecule has 1 fully saturated rings. The van der Waals surface area contributed by atoms with Crippen LogP contribution in [0.3, 0.4) is 0 Å². The second-order valence-corrected chi connectivity index (χ2v) is 9.31. The molecule has 4 rings (SSSR count). The van der Waals surface area contributed by atoms with Crippen LogP contribution in [-0.2, 0) is 16.6 Å². The molecule has 0 unspecified atom stereocenters. The third-order valence-electron chi connectivity index (χ3n) is 5.53. The predicted molar refractivity (Wildman–Crippen MR) is 118 cm³/mol. The summed E-state index contributed by atoms with van der Waals surface area (Å²) in [6.45, 7) is 3.84. The Hall–Kier alpha value is -2.73. The average molecular weight is 423 g/mol. The number of hydrogen-bond donors (Lipinski definition) is 1. The lowest BCUT2D eigenvalue weighted by Crippen LogP contribution is -2.32. The molecule has 1 aliphatic carbocycles. The van der Waals surface area contributed by atoms with E-state index in [9.17, 15) is 9.00 Å². The second kappa shape index (κ2) is 8.96. The Morgan fingerprint density at radius 3 is 2.40 bits per heavy atom. The van der Waals surface area contributed by atoms with Crippen molar-refractivity contribution in [3.8, 4) is 11.5 Å². The molecule has 30 heavy (non-hydrogen) atoms. The van der Waals surface area contributed by atoms with Gasteiger partial charge in [-0.05, 0) is 63.1 Å². The van der Waals surface area contributed by atoms with Gasteiger partial charge in [0.15, 0.2) is 0 Å². The lowest BCUT2D eigenvalue weighted by molar-refractivity contribution is 0.0938. The van der Waals surface area contributed by atoms with Crippen LogP contribution in [0.5, 0.6) is 0 Å². The van der Waals surface area contributed by atoms with E-state index >= 15 is 0 Å². The molecule has 0 radical (unpaired) electrons. The van der Waals surface area contributed by atoms with Crippen molar-refractivity contribution in [1.82, 2.24) is 10.3 Å². The summed E-state index contributed by atoms with van der Waals surface area (Å²) in [5, 5.41) is 3.10. The number of aromatic nitrogens is 1. The van der Waals surface area contributed by atoms with Crippen LogP contribution in [0.25, 0.3) is 11.5 Å². The highest BCUT2D eigenvalue weighted by Gasteiger charge is 2.19. The highest BCUT2D eigenvalue weighted by Crippen LogP contribution is 2.24. The Balaban J connectivity index is 1.45. The molecule has 5 nitrogen and oxygen atoms in total. The van der Waals surface area contributed by atoms with Crippen molar-refractivity contribution >= 4 is 16.7 Å². The molecule has 0 bridgehead atoms. The van der Waals surface area contributed by atoms with Crippen LogP contribution in [0, 0.1) is 13.8 Å². The Kier molecular flexibility index (Phi) is 6.13. The fraction of sp³-hybridized carbons (Fsp3) is 0.333. The van der Waals surface area contributed by atoms with Crippen LogP contribution < -0.4 is 5.32 Å². The quantitative estimate of drug-likeness (QED) is 0.611. The van der Waals surface area contributed by atoms with Crippen molar-refractivity contribution in [3.63, 3.8) is 0 Å². The van der Waals surface area contributed by atoms with Gasteiger partial charge in [-0.3, -0.25) is 9.00 Å². The Labute approximate surface area is 179 Å². The summed E-state index contributed by atoms with van der Waals surface area (Å²) in [6, 6.07) is 15.3. The first-order valence-corrected chi connectivity index (χ1v) is 11.6. The SMILES string of the molecule is Cc1ccc([S@@](=O)Cc2nc(-c3ccc(C(=O)NC4CCCC4)cc3)oc2C)cc1. The third-order valence-corrected chi connectivity index (χ3v) is 6.86. The molecule has 1 N–H and O–H groups in total. The number of nitrogens with one attached hydrogen (secondary N) is 1. The van der Waals surface area contributed by atoms with Gasteiger partial charge in [0.1, 0.15) is 5.76 Å². The summed E-state index contributed by atoms with van der Waals surface area (Å²) in [7, 11) is -1.18. The number of aryl methyl sites for hydroxylation is 2. The van der Waals surface area contributed by atoms with Gasteiger partial charge in [0.25, 0.3) is 5.91 Å². The fourth-order valence-corrected chi connectivity index (χ4v) is 4.81. The zero-order valence-corrected chi connectivity index (χ0v) is 18.1. The number of benzene rings is 2. The summed E-state index contributed by atoms with van der Waals surface area (Å²) >= 11 is 0. The van der Waals surface area contributed by atoms with Gasteiger partial charge in [-0.25, -0.2) is 4.98 Å². The molecule has 1 heterocycles. The summed E-state index contributed by atoms with van der Waals surface area (Å²) in [5.74, 6) is 1.41. The molecule has 1 atom stereocenters. The van der Waals surface area contributed by atoms with Crippen LogP contribution >= 0.6 is 0 Å². The van der Waals surface area contributed by atoms with Gasteiger partial charge in [0.05, 0.1) is 22.2 Å². The molecule has 6 heteroatoms. The first kappa shape index (κ1) is 20.5. The van der Waals surface area contributed by atoms with E-state index in [0.29, 0.717) is 34.7 Å². The Morgan fingerprint density at radius 2 is 1.73 bits per heavy atom. The van der Waals surface area contributed by atoms with Crippen LogP contribution in [0.15, 0.2) is 57.8 Å². The van der Waals surface area contributed by atoms with Gasteiger partial charge in [0, 0.05) is 22.1 Å². The average Bonchev–Trinajstić information content (AvgIpc) is 3.38. The first-order chi connectivity index (χ1) is 14.5. The van der Waals surface area contributed by atoms with E-state index in [4.69, 9.17) is 4.42 Å². The van der Waals surface area contributed by atoms with E-state index in [1.54, 1.807) is 12.1 Å². The lowest BCUT2D eigenvalue weighted by atomic mass is 10.1. The molecule has 1 aromatic heterocycles. The number of carbonyl (C=O) groups is 1. The largest absolute Gasteiger partial charge is 0.441 e. The topological polar surface area (TPSA) is 72.2 Å². The van der Waals surface area contributed by atoms with E-state index in [-0.39, 0.29) is 5.91 Å². The zero-order chi connectivity index (χ0) is 21.1. The van der Waals surface area contributed by atoms with Crippen LogP contribution in [0.1, 0.15) is 53.1 Å². The normalized spacial score (nSPS) is 15.3. The molecular formula is C24H26N2O3S. The molecule has 1 saturated carbocycles. The third kappa shape index (κ3) is 4.70. The standard InChI is InChI=1S/C24H26N2O3S/c1-16-7-13-21(14-8-16)30(28)15-22-17(2)29-24(26-22)19-11-9-18(10-12-19)23(27)25-20-5-3-4-6-20/h7-14,20H,3-6,15H2,1-2H3,(H,25,27)/t30-/m0/s1. The number of hydrogen-bond acceptors (Lipinski definition) is 4. The summed E-state index contributed by atoms with van der Waals surface area (Å²) in [5.41, 5.74) is 3.25. The van der Waals surface area contributed by atoms with Crippen molar-refractivity contribution in [2.75, 3.05) is 0 Å². The number of carbonyl (C=O) groups excluding carboxylic acids is 1. The van der Waals surface area contributed by atoms with Crippen molar-refractivity contribution in [2.45, 2.75) is 56.2 Å². The number of nitrogens with zero attached hydrogens (tertiary/aromatic N) is 1. The maximum absolute atomic E-state index is 12.7. The number of oxazole rings is 1. The van der Waals surface area contributed by atoms with Crippen molar-refractivity contribution < 1.29 is 13.4 Å². The van der Waals surface area contributed by atoms with Gasteiger partial charge in [0.2, 0.25) is 5.89 Å². The maximum Gasteiger partial charge on any atom is 0.251 e. The first-order valence-electron chi connectivity index (χ1n) is 10.3.